The second kappa shape index (κ2) is 5.08. The first-order chi connectivity index (χ1) is 7.49. The lowest BCUT2D eigenvalue weighted by molar-refractivity contribution is -0.153. The Labute approximate surface area is 100 Å². The van der Waals surface area contributed by atoms with E-state index in [1.54, 1.807) is 23.7 Å². The number of rotatable bonds is 6. The quantitative estimate of drug-likeness (QED) is 0.720. The Balaban J connectivity index is 2.70. The molecule has 1 aliphatic carbocycles. The molecule has 0 radical (unpaired) electrons. The topological polar surface area (TPSA) is 57.6 Å². The van der Waals surface area contributed by atoms with Gasteiger partial charge in [0.2, 0.25) is 5.91 Å². The van der Waals surface area contributed by atoms with Crippen LogP contribution in [0.3, 0.4) is 0 Å². The average Bonchev–Trinajstić information content (AvgIpc) is 3.05. The van der Waals surface area contributed by atoms with E-state index in [4.69, 9.17) is 5.11 Å². The van der Waals surface area contributed by atoms with E-state index in [0.717, 1.165) is 12.2 Å². The zero-order valence-electron chi connectivity index (χ0n) is 10.0. The molecule has 0 aromatic heterocycles. The highest BCUT2D eigenvalue weighted by Gasteiger charge is 2.58. The first-order valence-electron chi connectivity index (χ1n) is 5.49. The van der Waals surface area contributed by atoms with E-state index in [9.17, 15) is 9.59 Å². The van der Waals surface area contributed by atoms with Crippen LogP contribution in [0.25, 0.3) is 0 Å². The van der Waals surface area contributed by atoms with Crippen LogP contribution in [0.5, 0.6) is 0 Å². The first kappa shape index (κ1) is 13.4. The number of carbonyl (C=O) groups is 2. The fourth-order valence-electron chi connectivity index (χ4n) is 1.84. The Morgan fingerprint density at radius 3 is 2.38 bits per heavy atom. The van der Waals surface area contributed by atoms with Crippen molar-refractivity contribution in [3.63, 3.8) is 0 Å². The maximum atomic E-state index is 12.1. The van der Waals surface area contributed by atoms with Gasteiger partial charge in [0, 0.05) is 18.8 Å². The second-order valence-electron chi connectivity index (χ2n) is 4.32. The van der Waals surface area contributed by atoms with Gasteiger partial charge in [-0.25, -0.2) is 0 Å². The number of hydrogen-bond acceptors (Lipinski definition) is 3. The van der Waals surface area contributed by atoms with Crippen molar-refractivity contribution in [3.05, 3.63) is 0 Å². The largest absolute Gasteiger partial charge is 0.480 e. The molecule has 1 atom stereocenters. The monoisotopic (exact) mass is 245 g/mol. The molecule has 0 aliphatic heterocycles. The maximum Gasteiger partial charge on any atom is 0.319 e. The predicted molar refractivity (Wildman–Crippen MR) is 64.5 cm³/mol. The molecular weight excluding hydrogens is 226 g/mol. The van der Waals surface area contributed by atoms with Crippen molar-refractivity contribution in [2.75, 3.05) is 19.1 Å². The molecule has 1 fully saturated rings. The SMILES string of the molecule is CCC(CSC)N(C)C(=O)C1(C(=O)O)CC1. The van der Waals surface area contributed by atoms with Gasteiger partial charge < -0.3 is 10.0 Å². The van der Waals surface area contributed by atoms with Gasteiger partial charge in [-0.1, -0.05) is 6.92 Å². The molecule has 1 aliphatic rings. The number of thioether (sulfide) groups is 1. The minimum absolute atomic E-state index is 0.138. The van der Waals surface area contributed by atoms with Crippen molar-refractivity contribution in [2.24, 2.45) is 5.41 Å². The highest BCUT2D eigenvalue weighted by Crippen LogP contribution is 2.47. The summed E-state index contributed by atoms with van der Waals surface area (Å²) in [5.74, 6) is -0.335. The fraction of sp³-hybridized carbons (Fsp3) is 0.818. The van der Waals surface area contributed by atoms with Gasteiger partial charge >= 0.3 is 5.97 Å². The molecule has 1 rings (SSSR count). The Bertz CT molecular complexity index is 289. The average molecular weight is 245 g/mol. The summed E-state index contributed by atoms with van der Waals surface area (Å²) in [4.78, 5) is 24.7. The van der Waals surface area contributed by atoms with E-state index >= 15 is 0 Å². The Hall–Kier alpha value is -0.710. The van der Waals surface area contributed by atoms with Crippen LogP contribution in [0.1, 0.15) is 26.2 Å². The van der Waals surface area contributed by atoms with E-state index in [1.807, 2.05) is 13.2 Å². The lowest BCUT2D eigenvalue weighted by Crippen LogP contribution is -2.45. The molecule has 0 aromatic rings. The smallest absolute Gasteiger partial charge is 0.319 e. The lowest BCUT2D eigenvalue weighted by Gasteiger charge is -2.29. The van der Waals surface area contributed by atoms with Crippen LogP contribution in [-0.4, -0.2) is 47.0 Å². The molecule has 1 unspecified atom stereocenters. The zero-order valence-corrected chi connectivity index (χ0v) is 10.8. The van der Waals surface area contributed by atoms with Gasteiger partial charge in [-0.15, -0.1) is 0 Å². The van der Waals surface area contributed by atoms with Crippen LogP contribution in [0.15, 0.2) is 0 Å². The zero-order chi connectivity index (χ0) is 12.3. The minimum atomic E-state index is -1.10. The van der Waals surface area contributed by atoms with Gasteiger partial charge in [0.15, 0.2) is 0 Å². The molecule has 1 N–H and O–H groups in total. The summed E-state index contributed by atoms with van der Waals surface area (Å²) in [6.07, 6.45) is 3.83. The predicted octanol–water partition coefficient (Wildman–Crippen LogP) is 1.45. The van der Waals surface area contributed by atoms with E-state index < -0.39 is 11.4 Å². The van der Waals surface area contributed by atoms with Crippen LogP contribution >= 0.6 is 11.8 Å². The summed E-state index contributed by atoms with van der Waals surface area (Å²) < 4.78 is 0. The first-order valence-corrected chi connectivity index (χ1v) is 6.88. The van der Waals surface area contributed by atoms with E-state index in [1.165, 1.54) is 0 Å². The standard InChI is InChI=1S/C11H19NO3S/c1-4-8(7-16-3)12(2)9(13)11(5-6-11)10(14)15/h8H,4-7H2,1-3H3,(H,14,15). The highest BCUT2D eigenvalue weighted by molar-refractivity contribution is 7.98. The summed E-state index contributed by atoms with van der Waals surface area (Å²) in [5.41, 5.74) is -1.10. The van der Waals surface area contributed by atoms with Crippen molar-refractivity contribution in [1.29, 1.82) is 0 Å². The fourth-order valence-corrected chi connectivity index (χ4v) is 2.69. The number of amides is 1. The molecule has 16 heavy (non-hydrogen) atoms. The molecule has 1 amide bonds. The second-order valence-corrected chi connectivity index (χ2v) is 5.23. The highest BCUT2D eigenvalue weighted by atomic mass is 32.2. The molecule has 4 nitrogen and oxygen atoms in total. The third-order valence-electron chi connectivity index (χ3n) is 3.27. The van der Waals surface area contributed by atoms with E-state index in [0.29, 0.717) is 12.8 Å². The maximum absolute atomic E-state index is 12.1. The van der Waals surface area contributed by atoms with Crippen LogP contribution in [0.2, 0.25) is 0 Å². The number of aliphatic carboxylic acids is 1. The van der Waals surface area contributed by atoms with Crippen molar-refractivity contribution in [1.82, 2.24) is 4.90 Å². The minimum Gasteiger partial charge on any atom is -0.480 e. The van der Waals surface area contributed by atoms with Gasteiger partial charge in [-0.05, 0) is 25.5 Å². The Morgan fingerprint density at radius 2 is 2.06 bits per heavy atom. The van der Waals surface area contributed by atoms with E-state index in [2.05, 4.69) is 0 Å². The van der Waals surface area contributed by atoms with Crippen molar-refractivity contribution in [3.8, 4) is 0 Å². The molecule has 0 spiro atoms. The number of carbonyl (C=O) groups excluding carboxylic acids is 1. The molecule has 5 heteroatoms. The van der Waals surface area contributed by atoms with E-state index in [-0.39, 0.29) is 11.9 Å². The Kier molecular flexibility index (Phi) is 4.24. The molecule has 92 valence electrons. The van der Waals surface area contributed by atoms with Crippen molar-refractivity contribution in [2.45, 2.75) is 32.2 Å². The molecule has 0 heterocycles. The summed E-state index contributed by atoms with van der Waals surface area (Å²) >= 11 is 1.68. The summed E-state index contributed by atoms with van der Waals surface area (Å²) in [7, 11) is 1.72. The van der Waals surface area contributed by atoms with Crippen molar-refractivity contribution < 1.29 is 14.7 Å². The van der Waals surface area contributed by atoms with Crippen LogP contribution < -0.4 is 0 Å². The number of carboxylic acid groups (broad SMARTS) is 1. The van der Waals surface area contributed by atoms with Gasteiger partial charge in [-0.2, -0.15) is 11.8 Å². The molecule has 1 saturated carbocycles. The van der Waals surface area contributed by atoms with Gasteiger partial charge in [-0.3, -0.25) is 9.59 Å². The third kappa shape index (κ3) is 2.34. The molecule has 0 saturated heterocycles. The lowest BCUT2D eigenvalue weighted by atomic mass is 10.0. The van der Waals surface area contributed by atoms with Crippen molar-refractivity contribution >= 4 is 23.6 Å². The van der Waals surface area contributed by atoms with Crippen LogP contribution in [0, 0.1) is 5.41 Å². The summed E-state index contributed by atoms with van der Waals surface area (Å²) in [5, 5.41) is 9.05. The van der Waals surface area contributed by atoms with Gasteiger partial charge in [0.25, 0.3) is 0 Å². The molecule has 0 bridgehead atoms. The van der Waals surface area contributed by atoms with Gasteiger partial charge in [0.05, 0.1) is 0 Å². The van der Waals surface area contributed by atoms with Gasteiger partial charge in [0.1, 0.15) is 5.41 Å². The number of hydrogen-bond donors (Lipinski definition) is 1. The number of carboxylic acids is 1. The summed E-state index contributed by atoms with van der Waals surface area (Å²) in [6.45, 7) is 2.02. The summed E-state index contributed by atoms with van der Waals surface area (Å²) in [6, 6.07) is 0.138. The van der Waals surface area contributed by atoms with Crippen LogP contribution in [0.4, 0.5) is 0 Å². The number of nitrogens with zero attached hydrogens (tertiary/aromatic N) is 1. The third-order valence-corrected chi connectivity index (χ3v) is 3.99. The normalized spacial score (nSPS) is 18.9. The Morgan fingerprint density at radius 1 is 1.50 bits per heavy atom. The molecular formula is C11H19NO3S. The molecule has 0 aromatic carbocycles. The van der Waals surface area contributed by atoms with Crippen LogP contribution in [-0.2, 0) is 9.59 Å².